The molecule has 0 saturated carbocycles. The van der Waals surface area contributed by atoms with Gasteiger partial charge in [-0.05, 0) is 38.0 Å². The number of carbonyl (C=O) groups is 1. The zero-order valence-electron chi connectivity index (χ0n) is 14.9. The molecule has 1 aliphatic rings. The molecule has 7 heteroatoms. The van der Waals surface area contributed by atoms with Gasteiger partial charge in [-0.2, -0.15) is 0 Å². The lowest BCUT2D eigenvalue weighted by Gasteiger charge is -2.31. The highest BCUT2D eigenvalue weighted by Crippen LogP contribution is 2.15. The lowest BCUT2D eigenvalue weighted by atomic mass is 10.00. The van der Waals surface area contributed by atoms with Crippen molar-refractivity contribution in [3.05, 3.63) is 0 Å². The summed E-state index contributed by atoms with van der Waals surface area (Å²) in [5, 5.41) is 2.87. The molecule has 1 saturated heterocycles. The highest BCUT2D eigenvalue weighted by atomic mass is 127. The Kier molecular flexibility index (Phi) is 11.4. The fraction of sp³-hybridized carbons (Fsp3) is 0.875. The second-order valence-electron chi connectivity index (χ2n) is 6.56. The van der Waals surface area contributed by atoms with Crippen LogP contribution >= 0.6 is 24.0 Å². The molecule has 0 radical (unpaired) electrons. The van der Waals surface area contributed by atoms with Crippen molar-refractivity contribution in [1.82, 2.24) is 10.2 Å². The van der Waals surface area contributed by atoms with Gasteiger partial charge in [-0.25, -0.2) is 4.79 Å². The molecule has 0 aromatic heterocycles. The number of piperidine rings is 1. The van der Waals surface area contributed by atoms with Crippen LogP contribution in [-0.4, -0.2) is 49.2 Å². The highest BCUT2D eigenvalue weighted by Gasteiger charge is 2.18. The first-order valence-electron chi connectivity index (χ1n) is 8.40. The summed E-state index contributed by atoms with van der Waals surface area (Å²) >= 11 is 0. The van der Waals surface area contributed by atoms with Crippen LogP contribution in [-0.2, 0) is 4.74 Å². The Morgan fingerprint density at radius 2 is 2.00 bits per heavy atom. The minimum absolute atomic E-state index is 0. The lowest BCUT2D eigenvalue weighted by Crippen LogP contribution is -2.44. The minimum atomic E-state index is -0.381. The Hall–Kier alpha value is -0.730. The van der Waals surface area contributed by atoms with Crippen molar-refractivity contribution in [1.29, 1.82) is 0 Å². The zero-order valence-corrected chi connectivity index (χ0v) is 17.2. The van der Waals surface area contributed by atoms with E-state index in [2.05, 4.69) is 36.0 Å². The number of ether oxygens (including phenoxy) is 1. The van der Waals surface area contributed by atoms with Gasteiger partial charge in [-0.1, -0.05) is 20.8 Å². The van der Waals surface area contributed by atoms with Gasteiger partial charge in [0, 0.05) is 13.1 Å². The van der Waals surface area contributed by atoms with Gasteiger partial charge in [0.2, 0.25) is 0 Å². The van der Waals surface area contributed by atoms with Gasteiger partial charge in [-0.3, -0.25) is 4.99 Å². The Morgan fingerprint density at radius 3 is 2.52 bits per heavy atom. The molecule has 0 spiro atoms. The molecule has 1 amide bonds. The summed E-state index contributed by atoms with van der Waals surface area (Å²) in [6.45, 7) is 11.1. The summed E-state index contributed by atoms with van der Waals surface area (Å²) in [5.41, 5.74) is 6.09. The Morgan fingerprint density at radius 1 is 1.39 bits per heavy atom. The molecule has 3 N–H and O–H groups in total. The summed E-state index contributed by atoms with van der Waals surface area (Å²) in [6.07, 6.45) is 2.79. The number of likely N-dealkylation sites (tertiary alicyclic amines) is 1. The molecule has 0 aromatic rings. The molecule has 1 aliphatic heterocycles. The number of nitrogens with one attached hydrogen (secondary N) is 1. The monoisotopic (exact) mass is 440 g/mol. The van der Waals surface area contributed by atoms with Crippen molar-refractivity contribution in [2.75, 3.05) is 26.2 Å². The van der Waals surface area contributed by atoms with E-state index >= 15 is 0 Å². The maximum absolute atomic E-state index is 11.6. The van der Waals surface area contributed by atoms with Crippen LogP contribution in [0, 0.1) is 11.8 Å². The Balaban J connectivity index is 0.00000484. The zero-order chi connectivity index (χ0) is 16.5. The van der Waals surface area contributed by atoms with Crippen LogP contribution in [0.15, 0.2) is 4.99 Å². The van der Waals surface area contributed by atoms with Crippen molar-refractivity contribution in [3.63, 3.8) is 0 Å². The summed E-state index contributed by atoms with van der Waals surface area (Å²) in [4.78, 5) is 18.2. The maximum Gasteiger partial charge on any atom is 0.407 e. The third-order valence-electron chi connectivity index (χ3n) is 3.93. The molecule has 1 atom stereocenters. The van der Waals surface area contributed by atoms with Gasteiger partial charge in [0.25, 0.3) is 0 Å². The molecule has 0 bridgehead atoms. The topological polar surface area (TPSA) is 79.9 Å². The summed E-state index contributed by atoms with van der Waals surface area (Å²) in [5.74, 6) is 1.83. The largest absolute Gasteiger partial charge is 0.450 e. The molecule has 1 rings (SSSR count). The normalized spacial score (nSPS) is 17.6. The second-order valence-corrected chi connectivity index (χ2v) is 6.56. The van der Waals surface area contributed by atoms with Gasteiger partial charge in [-0.15, -0.1) is 24.0 Å². The first-order valence-corrected chi connectivity index (χ1v) is 8.40. The molecule has 0 aliphatic carbocycles. The van der Waals surface area contributed by atoms with Gasteiger partial charge in [0.1, 0.15) is 0 Å². The number of rotatable bonds is 6. The standard InChI is InChI=1S/C16H32N4O2.HI/c1-5-22-16(21)19-14(10-12(2)3)11-18-15(17)20-8-6-13(4)7-9-20;/h12-14H,5-11H2,1-4H3,(H2,17,18)(H,19,21);1H. The predicted octanol–water partition coefficient (Wildman–Crippen LogP) is 2.81. The van der Waals surface area contributed by atoms with E-state index in [1.165, 1.54) is 0 Å². The summed E-state index contributed by atoms with van der Waals surface area (Å²) < 4.78 is 4.95. The lowest BCUT2D eigenvalue weighted by molar-refractivity contribution is 0.147. The van der Waals surface area contributed by atoms with Crippen molar-refractivity contribution >= 4 is 36.0 Å². The number of guanidine groups is 1. The number of nitrogens with zero attached hydrogens (tertiary/aromatic N) is 2. The van der Waals surface area contributed by atoms with Gasteiger partial charge < -0.3 is 20.7 Å². The fourth-order valence-corrected chi connectivity index (χ4v) is 2.63. The van der Waals surface area contributed by atoms with Crippen LogP contribution in [0.2, 0.25) is 0 Å². The van der Waals surface area contributed by atoms with Crippen LogP contribution < -0.4 is 11.1 Å². The minimum Gasteiger partial charge on any atom is -0.450 e. The molecule has 1 unspecified atom stereocenters. The van der Waals surface area contributed by atoms with E-state index in [1.54, 1.807) is 6.92 Å². The summed E-state index contributed by atoms with van der Waals surface area (Å²) in [7, 11) is 0. The highest BCUT2D eigenvalue weighted by molar-refractivity contribution is 14.0. The van der Waals surface area contributed by atoms with E-state index < -0.39 is 0 Å². The van der Waals surface area contributed by atoms with E-state index in [9.17, 15) is 4.79 Å². The van der Waals surface area contributed by atoms with Crippen LogP contribution in [0.3, 0.4) is 0 Å². The third kappa shape index (κ3) is 9.22. The molecule has 23 heavy (non-hydrogen) atoms. The van der Waals surface area contributed by atoms with Crippen LogP contribution in [0.4, 0.5) is 4.79 Å². The van der Waals surface area contributed by atoms with E-state index in [0.717, 1.165) is 38.3 Å². The van der Waals surface area contributed by atoms with Gasteiger partial charge >= 0.3 is 6.09 Å². The van der Waals surface area contributed by atoms with Gasteiger partial charge in [0.15, 0.2) is 5.96 Å². The number of halogens is 1. The van der Waals surface area contributed by atoms with Crippen LogP contribution in [0.1, 0.15) is 47.0 Å². The third-order valence-corrected chi connectivity index (χ3v) is 3.93. The number of carbonyl (C=O) groups excluding carboxylic acids is 1. The second kappa shape index (κ2) is 11.8. The number of hydrogen-bond acceptors (Lipinski definition) is 3. The number of amides is 1. The first kappa shape index (κ1) is 22.3. The number of nitrogens with two attached hydrogens (primary N) is 1. The number of aliphatic imine (C=N–C) groups is 1. The van der Waals surface area contributed by atoms with E-state index in [1.807, 2.05) is 0 Å². The van der Waals surface area contributed by atoms with Crippen molar-refractivity contribution in [3.8, 4) is 0 Å². The quantitative estimate of drug-likeness (QED) is 0.378. The molecule has 1 heterocycles. The molecular formula is C16H33IN4O2. The van der Waals surface area contributed by atoms with Crippen molar-refractivity contribution < 1.29 is 9.53 Å². The first-order chi connectivity index (χ1) is 10.4. The van der Waals surface area contributed by atoms with Crippen LogP contribution in [0.25, 0.3) is 0 Å². The Bertz CT molecular complexity index is 369. The van der Waals surface area contributed by atoms with Crippen LogP contribution in [0.5, 0.6) is 0 Å². The van der Waals surface area contributed by atoms with Gasteiger partial charge in [0.05, 0.1) is 19.2 Å². The number of hydrogen-bond donors (Lipinski definition) is 2. The fourth-order valence-electron chi connectivity index (χ4n) is 2.63. The molecule has 0 aromatic carbocycles. The van der Waals surface area contributed by atoms with Crippen molar-refractivity contribution in [2.24, 2.45) is 22.6 Å². The molecule has 6 nitrogen and oxygen atoms in total. The van der Waals surface area contributed by atoms with E-state index in [0.29, 0.717) is 25.0 Å². The average Bonchev–Trinajstić information content (AvgIpc) is 2.45. The summed E-state index contributed by atoms with van der Waals surface area (Å²) in [6, 6.07) is -0.0404. The van der Waals surface area contributed by atoms with Crippen molar-refractivity contribution in [2.45, 2.75) is 53.0 Å². The smallest absolute Gasteiger partial charge is 0.407 e. The average molecular weight is 440 g/mol. The molecular weight excluding hydrogens is 407 g/mol. The molecule has 1 fully saturated rings. The maximum atomic E-state index is 11.6. The Labute approximate surface area is 157 Å². The van der Waals surface area contributed by atoms with E-state index in [4.69, 9.17) is 10.5 Å². The SMILES string of the molecule is CCOC(=O)NC(CN=C(N)N1CCC(C)CC1)CC(C)C.I. The number of alkyl carbamates (subject to hydrolysis) is 1. The molecule has 136 valence electrons. The predicted molar refractivity (Wildman–Crippen MR) is 105 cm³/mol. The van der Waals surface area contributed by atoms with E-state index in [-0.39, 0.29) is 36.1 Å².